The Kier molecular flexibility index (Phi) is 6.07. The highest BCUT2D eigenvalue weighted by atomic mass is 16.6. The minimum atomic E-state index is -2.23. The highest BCUT2D eigenvalue weighted by molar-refractivity contribution is 6.06. The van der Waals surface area contributed by atoms with Gasteiger partial charge in [0, 0.05) is 17.8 Å². The third kappa shape index (κ3) is 3.44. The molecule has 1 aliphatic heterocycles. The predicted octanol–water partition coefficient (Wildman–Crippen LogP) is 1.94. The van der Waals surface area contributed by atoms with Crippen LogP contribution in [0.2, 0.25) is 0 Å². The summed E-state index contributed by atoms with van der Waals surface area (Å²) in [6, 6.07) is 8.86. The molecule has 0 spiro atoms. The molecule has 0 unspecified atom stereocenters. The Bertz CT molecular complexity index is 705. The number of rotatable bonds is 8. The summed E-state index contributed by atoms with van der Waals surface area (Å²) in [6.07, 6.45) is 0.458. The average Bonchev–Trinajstić information content (AvgIpc) is 2.91. The lowest BCUT2D eigenvalue weighted by atomic mass is 9.79. The second-order valence-electron chi connectivity index (χ2n) is 6.34. The van der Waals surface area contributed by atoms with Gasteiger partial charge in [-0.25, -0.2) is 4.79 Å². The lowest BCUT2D eigenvalue weighted by Crippen LogP contribution is -2.55. The zero-order chi connectivity index (χ0) is 19.3. The van der Waals surface area contributed by atoms with E-state index in [-0.39, 0.29) is 19.4 Å². The summed E-state index contributed by atoms with van der Waals surface area (Å²) in [4.78, 5) is 49.7. The smallest absolute Gasteiger partial charge is 0.385 e. The molecule has 8 heteroatoms. The fourth-order valence-corrected chi connectivity index (χ4v) is 3.32. The van der Waals surface area contributed by atoms with Crippen LogP contribution in [0.3, 0.4) is 0 Å². The molecule has 140 valence electrons. The summed E-state index contributed by atoms with van der Waals surface area (Å²) in [5.74, 6) is -3.65. The van der Waals surface area contributed by atoms with Gasteiger partial charge in [0.2, 0.25) is 11.8 Å². The quantitative estimate of drug-likeness (QED) is 0.303. The van der Waals surface area contributed by atoms with Gasteiger partial charge in [0.05, 0.1) is 13.7 Å². The van der Waals surface area contributed by atoms with E-state index in [1.807, 2.05) is 6.92 Å². The van der Waals surface area contributed by atoms with Crippen LogP contribution in [0.15, 0.2) is 30.3 Å². The Morgan fingerprint density at radius 2 is 2.00 bits per heavy atom. The first-order valence-electron chi connectivity index (χ1n) is 8.49. The molecule has 2 rings (SSSR count). The molecule has 0 bridgehead atoms. The normalized spacial score (nSPS) is 19.3. The molecule has 1 aliphatic rings. The maximum absolute atomic E-state index is 12.8. The van der Waals surface area contributed by atoms with E-state index in [4.69, 9.17) is 0 Å². The Labute approximate surface area is 151 Å². The number of ether oxygens (including phenoxy) is 1. The summed E-state index contributed by atoms with van der Waals surface area (Å²) < 4.78 is 4.66. The first-order chi connectivity index (χ1) is 12.4. The van der Waals surface area contributed by atoms with Gasteiger partial charge in [0.25, 0.3) is 0 Å². The van der Waals surface area contributed by atoms with Crippen molar-refractivity contribution in [3.05, 3.63) is 46.0 Å². The Balaban J connectivity index is 2.37. The molecule has 0 N–H and O–H groups in total. The van der Waals surface area contributed by atoms with Crippen molar-refractivity contribution in [3.8, 4) is 0 Å². The van der Waals surface area contributed by atoms with Crippen molar-refractivity contribution < 1.29 is 24.0 Å². The zero-order valence-corrected chi connectivity index (χ0v) is 14.8. The number of carbonyl (C=O) groups excluding carboxylic acids is 3. The van der Waals surface area contributed by atoms with Gasteiger partial charge in [-0.2, -0.15) is 0 Å². The van der Waals surface area contributed by atoms with Crippen LogP contribution in [0.1, 0.15) is 38.2 Å². The topological polar surface area (TPSA) is 107 Å². The summed E-state index contributed by atoms with van der Waals surface area (Å²) in [5.41, 5.74) is -1.50. The number of carbonyl (C=O) groups is 3. The summed E-state index contributed by atoms with van der Waals surface area (Å²) in [5, 5.41) is 11.9. The van der Waals surface area contributed by atoms with E-state index >= 15 is 0 Å². The average molecular weight is 362 g/mol. The molecule has 2 atom stereocenters. The van der Waals surface area contributed by atoms with E-state index in [1.54, 1.807) is 30.3 Å². The Hall–Kier alpha value is -2.77. The second kappa shape index (κ2) is 8.07. The molecule has 1 heterocycles. The van der Waals surface area contributed by atoms with Gasteiger partial charge in [-0.15, -0.1) is 0 Å². The van der Waals surface area contributed by atoms with E-state index < -0.39 is 34.2 Å². The van der Waals surface area contributed by atoms with Crippen LogP contribution < -0.4 is 0 Å². The predicted molar refractivity (Wildman–Crippen MR) is 91.4 cm³/mol. The van der Waals surface area contributed by atoms with Crippen LogP contribution in [0.4, 0.5) is 0 Å². The minimum Gasteiger partial charge on any atom is -0.464 e. The van der Waals surface area contributed by atoms with E-state index in [0.29, 0.717) is 12.8 Å². The maximum atomic E-state index is 12.8. The monoisotopic (exact) mass is 362 g/mol. The van der Waals surface area contributed by atoms with E-state index in [1.165, 1.54) is 0 Å². The molecule has 0 aliphatic carbocycles. The number of hydrogen-bond acceptors (Lipinski definition) is 6. The first kappa shape index (κ1) is 19.6. The van der Waals surface area contributed by atoms with Gasteiger partial charge < -0.3 is 4.74 Å². The van der Waals surface area contributed by atoms with Crippen molar-refractivity contribution in [1.82, 2.24) is 4.90 Å². The number of nitro groups is 1. The number of imide groups is 1. The Morgan fingerprint density at radius 1 is 1.35 bits per heavy atom. The van der Waals surface area contributed by atoms with Gasteiger partial charge in [0.1, 0.15) is 5.92 Å². The third-order valence-corrected chi connectivity index (χ3v) is 4.78. The number of unbranched alkanes of at least 4 members (excludes halogenated alkanes) is 1. The maximum Gasteiger partial charge on any atom is 0.385 e. The van der Waals surface area contributed by atoms with Crippen LogP contribution in [-0.4, -0.2) is 40.3 Å². The molecule has 1 saturated heterocycles. The number of amides is 2. The minimum absolute atomic E-state index is 0.0255. The first-order valence-corrected chi connectivity index (χ1v) is 8.49. The molecule has 8 nitrogen and oxygen atoms in total. The van der Waals surface area contributed by atoms with Crippen molar-refractivity contribution >= 4 is 17.8 Å². The fraction of sp³-hybridized carbons (Fsp3) is 0.500. The molecule has 0 saturated carbocycles. The molecule has 1 aromatic carbocycles. The molecular weight excluding hydrogens is 340 g/mol. The number of hydrogen-bond donors (Lipinski definition) is 0. The van der Waals surface area contributed by atoms with Crippen LogP contribution in [0, 0.1) is 16.0 Å². The van der Waals surface area contributed by atoms with Gasteiger partial charge in [-0.05, 0) is 12.0 Å². The van der Waals surface area contributed by atoms with Crippen molar-refractivity contribution in [2.45, 2.75) is 44.7 Å². The molecule has 1 fully saturated rings. The van der Waals surface area contributed by atoms with Crippen molar-refractivity contribution in [2.24, 2.45) is 5.92 Å². The number of methoxy groups -OCH3 is 1. The van der Waals surface area contributed by atoms with E-state index in [0.717, 1.165) is 17.6 Å². The van der Waals surface area contributed by atoms with E-state index in [2.05, 4.69) is 4.74 Å². The Morgan fingerprint density at radius 3 is 2.54 bits per heavy atom. The molecular formula is C18H22N2O6. The zero-order valence-electron chi connectivity index (χ0n) is 14.8. The van der Waals surface area contributed by atoms with Gasteiger partial charge in [-0.1, -0.05) is 43.7 Å². The van der Waals surface area contributed by atoms with Gasteiger partial charge in [0.15, 0.2) is 0 Å². The van der Waals surface area contributed by atoms with Crippen LogP contribution in [-0.2, 0) is 25.7 Å². The van der Waals surface area contributed by atoms with E-state index in [9.17, 15) is 24.5 Å². The van der Waals surface area contributed by atoms with Crippen LogP contribution in [0.5, 0.6) is 0 Å². The molecule has 0 aromatic heterocycles. The largest absolute Gasteiger partial charge is 0.464 e. The van der Waals surface area contributed by atoms with Crippen molar-refractivity contribution in [1.29, 1.82) is 0 Å². The van der Waals surface area contributed by atoms with Crippen LogP contribution in [0.25, 0.3) is 0 Å². The lowest BCUT2D eigenvalue weighted by Gasteiger charge is -2.26. The highest BCUT2D eigenvalue weighted by Gasteiger charge is 2.64. The number of nitrogens with zero attached hydrogens (tertiary/aromatic N) is 2. The second-order valence-corrected chi connectivity index (χ2v) is 6.34. The number of likely N-dealkylation sites (tertiary alicyclic amines) is 1. The van der Waals surface area contributed by atoms with Crippen molar-refractivity contribution in [2.75, 3.05) is 7.11 Å². The summed E-state index contributed by atoms with van der Waals surface area (Å²) >= 11 is 0. The van der Waals surface area contributed by atoms with Crippen molar-refractivity contribution in [3.63, 3.8) is 0 Å². The summed E-state index contributed by atoms with van der Waals surface area (Å²) in [7, 11) is 1.05. The fourth-order valence-electron chi connectivity index (χ4n) is 3.32. The highest BCUT2D eigenvalue weighted by Crippen LogP contribution is 2.37. The van der Waals surface area contributed by atoms with Gasteiger partial charge in [-0.3, -0.25) is 24.6 Å². The molecule has 26 heavy (non-hydrogen) atoms. The van der Waals surface area contributed by atoms with Crippen LogP contribution >= 0.6 is 0 Å². The SMILES string of the molecule is CCCC[C@@](C(=O)OC)([C@@H]1CC(=O)N(Cc2ccccc2)C1=O)[N+](=O)[O-]. The van der Waals surface area contributed by atoms with Gasteiger partial charge >= 0.3 is 11.5 Å². The summed E-state index contributed by atoms with van der Waals surface area (Å²) in [6.45, 7) is 1.85. The third-order valence-electron chi connectivity index (χ3n) is 4.78. The standard InChI is InChI=1S/C18H22N2O6/c1-3-4-10-18(20(24)25,17(23)26-2)14-11-15(21)19(16(14)22)12-13-8-6-5-7-9-13/h5-9,14H,3-4,10-12H2,1-2H3/t14-,18+/m1/s1. The molecule has 0 radical (unpaired) electrons. The number of benzene rings is 1. The lowest BCUT2D eigenvalue weighted by molar-refractivity contribution is -0.563. The molecule has 1 aromatic rings. The number of esters is 1. The molecule has 2 amide bonds.